The molecule has 118 valence electrons. The summed E-state index contributed by atoms with van der Waals surface area (Å²) in [6, 6.07) is 11.9. The molecule has 0 radical (unpaired) electrons. The van der Waals surface area contributed by atoms with Gasteiger partial charge >= 0.3 is 0 Å². The lowest BCUT2D eigenvalue weighted by molar-refractivity contribution is -0.121. The zero-order chi connectivity index (χ0) is 16.1. The number of fused-ring (bicyclic) bond motifs is 1. The Balaban J connectivity index is 1.45. The molecule has 6 heteroatoms. The standard InChI is InChI=1S/C17H17FN4O/c18-14-7-4-13(5-8-14)6-9-17(23)19-11-10-16-21-20-15-3-1-2-12-22(15)16/h1-5,7-8,12H,6,9-11H2,(H,19,23). The maximum Gasteiger partial charge on any atom is 0.220 e. The van der Waals surface area contributed by atoms with Gasteiger partial charge < -0.3 is 5.32 Å². The van der Waals surface area contributed by atoms with Crippen molar-refractivity contribution in [2.75, 3.05) is 6.54 Å². The van der Waals surface area contributed by atoms with Crippen molar-refractivity contribution in [3.63, 3.8) is 0 Å². The summed E-state index contributed by atoms with van der Waals surface area (Å²) >= 11 is 0. The molecule has 0 saturated heterocycles. The highest BCUT2D eigenvalue weighted by Crippen LogP contribution is 2.06. The zero-order valence-electron chi connectivity index (χ0n) is 12.6. The number of halogens is 1. The van der Waals surface area contributed by atoms with Crippen LogP contribution < -0.4 is 5.32 Å². The minimum atomic E-state index is -0.265. The van der Waals surface area contributed by atoms with Crippen LogP contribution in [0.4, 0.5) is 4.39 Å². The lowest BCUT2D eigenvalue weighted by Crippen LogP contribution is -2.26. The van der Waals surface area contributed by atoms with Gasteiger partial charge in [-0.05, 0) is 36.2 Å². The number of amides is 1. The highest BCUT2D eigenvalue weighted by molar-refractivity contribution is 5.76. The number of nitrogens with zero attached hydrogens (tertiary/aromatic N) is 3. The molecule has 0 aliphatic heterocycles. The number of rotatable bonds is 6. The molecule has 1 aromatic carbocycles. The van der Waals surface area contributed by atoms with Crippen molar-refractivity contribution in [3.05, 3.63) is 65.9 Å². The molecule has 0 bridgehead atoms. The van der Waals surface area contributed by atoms with E-state index < -0.39 is 0 Å². The molecule has 0 fully saturated rings. The third-order valence-corrected chi connectivity index (χ3v) is 3.61. The first kappa shape index (κ1) is 15.1. The van der Waals surface area contributed by atoms with Gasteiger partial charge in [0.05, 0.1) is 0 Å². The fourth-order valence-electron chi connectivity index (χ4n) is 2.37. The summed E-state index contributed by atoms with van der Waals surface area (Å²) in [7, 11) is 0. The van der Waals surface area contributed by atoms with Crippen molar-refractivity contribution in [2.45, 2.75) is 19.3 Å². The first-order chi connectivity index (χ1) is 11.2. The second-order valence-electron chi connectivity index (χ2n) is 5.27. The predicted molar refractivity (Wildman–Crippen MR) is 84.4 cm³/mol. The second kappa shape index (κ2) is 7.00. The Hall–Kier alpha value is -2.76. The van der Waals surface area contributed by atoms with Crippen molar-refractivity contribution in [1.82, 2.24) is 19.9 Å². The Kier molecular flexibility index (Phi) is 4.61. The maximum absolute atomic E-state index is 12.8. The van der Waals surface area contributed by atoms with Crippen molar-refractivity contribution < 1.29 is 9.18 Å². The van der Waals surface area contributed by atoms with Crippen LogP contribution in [0.1, 0.15) is 17.8 Å². The first-order valence-electron chi connectivity index (χ1n) is 7.52. The summed E-state index contributed by atoms with van der Waals surface area (Å²) in [5, 5.41) is 11.1. The van der Waals surface area contributed by atoms with E-state index in [1.165, 1.54) is 12.1 Å². The van der Waals surface area contributed by atoms with Crippen molar-refractivity contribution in [2.24, 2.45) is 0 Å². The number of hydrogen-bond acceptors (Lipinski definition) is 3. The van der Waals surface area contributed by atoms with Crippen molar-refractivity contribution in [1.29, 1.82) is 0 Å². The Morgan fingerprint density at radius 1 is 1.09 bits per heavy atom. The topological polar surface area (TPSA) is 59.3 Å². The molecule has 1 amide bonds. The predicted octanol–water partition coefficient (Wildman–Crippen LogP) is 2.16. The van der Waals surface area contributed by atoms with Gasteiger partial charge in [-0.2, -0.15) is 0 Å². The minimum Gasteiger partial charge on any atom is -0.356 e. The van der Waals surface area contributed by atoms with Crippen LogP contribution in [0.2, 0.25) is 0 Å². The van der Waals surface area contributed by atoms with E-state index in [2.05, 4.69) is 15.5 Å². The van der Waals surface area contributed by atoms with Crippen LogP contribution in [0.5, 0.6) is 0 Å². The minimum absolute atomic E-state index is 0.0249. The summed E-state index contributed by atoms with van der Waals surface area (Å²) in [6.45, 7) is 0.512. The first-order valence-corrected chi connectivity index (χ1v) is 7.52. The third kappa shape index (κ3) is 3.91. The molecule has 23 heavy (non-hydrogen) atoms. The van der Waals surface area contributed by atoms with Crippen LogP contribution >= 0.6 is 0 Å². The van der Waals surface area contributed by atoms with Gasteiger partial charge in [-0.3, -0.25) is 9.20 Å². The molecule has 0 atom stereocenters. The largest absolute Gasteiger partial charge is 0.356 e. The quantitative estimate of drug-likeness (QED) is 0.759. The Labute approximate surface area is 133 Å². The molecular weight excluding hydrogens is 295 g/mol. The number of nitrogens with one attached hydrogen (secondary N) is 1. The van der Waals surface area contributed by atoms with E-state index in [4.69, 9.17) is 0 Å². The lowest BCUT2D eigenvalue weighted by Gasteiger charge is -2.05. The van der Waals surface area contributed by atoms with Gasteiger partial charge in [0.25, 0.3) is 0 Å². The highest BCUT2D eigenvalue weighted by Gasteiger charge is 2.06. The van der Waals surface area contributed by atoms with Gasteiger partial charge in [0.15, 0.2) is 5.65 Å². The molecule has 0 spiro atoms. The SMILES string of the molecule is O=C(CCc1ccc(F)cc1)NCCc1nnc2ccccn12. The highest BCUT2D eigenvalue weighted by atomic mass is 19.1. The number of hydrogen-bond donors (Lipinski definition) is 1. The van der Waals surface area contributed by atoms with Gasteiger partial charge in [-0.1, -0.05) is 18.2 Å². The molecule has 3 aromatic rings. The van der Waals surface area contributed by atoms with E-state index in [-0.39, 0.29) is 11.7 Å². The molecule has 0 unspecified atom stereocenters. The van der Waals surface area contributed by atoms with E-state index in [0.29, 0.717) is 25.8 Å². The lowest BCUT2D eigenvalue weighted by atomic mass is 10.1. The van der Waals surface area contributed by atoms with E-state index in [0.717, 1.165) is 17.0 Å². The Morgan fingerprint density at radius 3 is 2.74 bits per heavy atom. The van der Waals surface area contributed by atoms with Crippen LogP contribution in [0.3, 0.4) is 0 Å². The van der Waals surface area contributed by atoms with Crippen LogP contribution in [0, 0.1) is 5.82 Å². The Bertz CT molecular complexity index is 798. The molecule has 0 saturated carbocycles. The zero-order valence-corrected chi connectivity index (χ0v) is 12.6. The molecule has 2 aromatic heterocycles. The summed E-state index contributed by atoms with van der Waals surface area (Å²) in [5.74, 6) is 0.529. The van der Waals surface area contributed by atoms with Gasteiger partial charge in [0.1, 0.15) is 11.6 Å². The monoisotopic (exact) mass is 312 g/mol. The number of benzene rings is 1. The summed E-state index contributed by atoms with van der Waals surface area (Å²) in [4.78, 5) is 11.8. The fraction of sp³-hybridized carbons (Fsp3) is 0.235. The molecule has 2 heterocycles. The molecule has 1 N–H and O–H groups in total. The van der Waals surface area contributed by atoms with E-state index in [9.17, 15) is 9.18 Å². The average molecular weight is 312 g/mol. The summed E-state index contributed by atoms with van der Waals surface area (Å²) < 4.78 is 14.7. The molecule has 3 rings (SSSR count). The van der Waals surface area contributed by atoms with Gasteiger partial charge in [-0.25, -0.2) is 4.39 Å². The number of carbonyl (C=O) groups is 1. The maximum atomic E-state index is 12.8. The molecule has 0 aliphatic rings. The van der Waals surface area contributed by atoms with Gasteiger partial charge in [0, 0.05) is 25.6 Å². The number of pyridine rings is 1. The fourth-order valence-corrected chi connectivity index (χ4v) is 2.37. The molecule has 0 aliphatic carbocycles. The smallest absolute Gasteiger partial charge is 0.220 e. The third-order valence-electron chi connectivity index (χ3n) is 3.61. The summed E-state index contributed by atoms with van der Waals surface area (Å²) in [5.41, 5.74) is 1.75. The van der Waals surface area contributed by atoms with E-state index in [1.54, 1.807) is 12.1 Å². The second-order valence-corrected chi connectivity index (χ2v) is 5.27. The van der Waals surface area contributed by atoms with Crippen LogP contribution in [0.25, 0.3) is 5.65 Å². The van der Waals surface area contributed by atoms with E-state index >= 15 is 0 Å². The average Bonchev–Trinajstić information content (AvgIpc) is 2.98. The van der Waals surface area contributed by atoms with Crippen LogP contribution in [-0.4, -0.2) is 27.0 Å². The van der Waals surface area contributed by atoms with Crippen molar-refractivity contribution in [3.8, 4) is 0 Å². The number of aryl methyl sites for hydroxylation is 1. The van der Waals surface area contributed by atoms with Crippen molar-refractivity contribution >= 4 is 11.6 Å². The van der Waals surface area contributed by atoms with Crippen LogP contribution in [0.15, 0.2) is 48.7 Å². The van der Waals surface area contributed by atoms with Crippen LogP contribution in [-0.2, 0) is 17.6 Å². The molecule has 5 nitrogen and oxygen atoms in total. The normalized spacial score (nSPS) is 10.8. The molecular formula is C17H17FN4O. The number of aromatic nitrogens is 3. The van der Waals surface area contributed by atoms with Gasteiger partial charge in [0.2, 0.25) is 5.91 Å². The Morgan fingerprint density at radius 2 is 1.91 bits per heavy atom. The van der Waals surface area contributed by atoms with Gasteiger partial charge in [-0.15, -0.1) is 10.2 Å². The van der Waals surface area contributed by atoms with E-state index in [1.807, 2.05) is 28.8 Å². The summed E-state index contributed by atoms with van der Waals surface area (Å²) in [6.07, 6.45) is 3.50. The number of carbonyl (C=O) groups excluding carboxylic acids is 1.